The Kier molecular flexibility index (Phi) is 4.67. The molecule has 3 heteroatoms. The summed E-state index contributed by atoms with van der Waals surface area (Å²) in [6, 6.07) is 12.4. The molecule has 0 bridgehead atoms. The Morgan fingerprint density at radius 2 is 1.74 bits per heavy atom. The smallest absolute Gasteiger partial charge is 0.0551 e. The van der Waals surface area contributed by atoms with Gasteiger partial charge in [0.15, 0.2) is 0 Å². The highest BCUT2D eigenvalue weighted by Gasteiger charge is 2.09. The Balaban J connectivity index is 2.20. The minimum Gasteiger partial charge on any atom is -0.324 e. The van der Waals surface area contributed by atoms with Gasteiger partial charge in [-0.25, -0.2) is 0 Å². The zero-order valence-electron chi connectivity index (χ0n) is 11.1. The predicted octanol–water partition coefficient (Wildman–Crippen LogP) is 4.96. The van der Waals surface area contributed by atoms with Crippen LogP contribution in [0.15, 0.2) is 40.9 Å². The van der Waals surface area contributed by atoms with Gasteiger partial charge in [-0.1, -0.05) is 47.0 Å². The SMILES string of the molecule is Cc1cc(C)cc(CC(N)c2ccc(Br)c(Cl)c2)c1. The quantitative estimate of drug-likeness (QED) is 0.841. The topological polar surface area (TPSA) is 26.0 Å². The van der Waals surface area contributed by atoms with E-state index in [1.54, 1.807) is 0 Å². The van der Waals surface area contributed by atoms with Gasteiger partial charge < -0.3 is 5.73 Å². The van der Waals surface area contributed by atoms with E-state index >= 15 is 0 Å². The number of aryl methyl sites for hydroxylation is 2. The summed E-state index contributed by atoms with van der Waals surface area (Å²) in [5.74, 6) is 0. The van der Waals surface area contributed by atoms with Crippen molar-refractivity contribution in [2.75, 3.05) is 0 Å². The molecule has 0 amide bonds. The maximum atomic E-state index is 6.27. The van der Waals surface area contributed by atoms with Crippen LogP contribution in [0.25, 0.3) is 0 Å². The summed E-state index contributed by atoms with van der Waals surface area (Å²) in [7, 11) is 0. The van der Waals surface area contributed by atoms with Crippen LogP contribution in [0.2, 0.25) is 5.02 Å². The van der Waals surface area contributed by atoms with Crippen LogP contribution >= 0.6 is 27.5 Å². The predicted molar refractivity (Wildman–Crippen MR) is 85.7 cm³/mol. The highest BCUT2D eigenvalue weighted by Crippen LogP contribution is 2.26. The average molecular weight is 339 g/mol. The van der Waals surface area contributed by atoms with Crippen molar-refractivity contribution in [3.05, 3.63) is 68.1 Å². The zero-order chi connectivity index (χ0) is 14.0. The fourth-order valence-electron chi connectivity index (χ4n) is 2.30. The van der Waals surface area contributed by atoms with Crippen LogP contribution in [0, 0.1) is 13.8 Å². The van der Waals surface area contributed by atoms with Crippen LogP contribution in [-0.4, -0.2) is 0 Å². The summed E-state index contributed by atoms with van der Waals surface area (Å²) in [5, 5.41) is 0.702. The first-order chi connectivity index (χ1) is 8.95. The Hall–Kier alpha value is -0.830. The van der Waals surface area contributed by atoms with Gasteiger partial charge in [0.2, 0.25) is 0 Å². The van der Waals surface area contributed by atoms with E-state index in [1.165, 1.54) is 16.7 Å². The van der Waals surface area contributed by atoms with E-state index in [1.807, 2.05) is 18.2 Å². The third-order valence-electron chi connectivity index (χ3n) is 3.11. The maximum Gasteiger partial charge on any atom is 0.0551 e. The molecule has 2 aromatic carbocycles. The number of halogens is 2. The lowest BCUT2D eigenvalue weighted by Crippen LogP contribution is -2.13. The number of hydrogen-bond acceptors (Lipinski definition) is 1. The molecule has 0 saturated heterocycles. The van der Waals surface area contributed by atoms with E-state index in [2.05, 4.69) is 48.0 Å². The maximum absolute atomic E-state index is 6.27. The van der Waals surface area contributed by atoms with Crippen molar-refractivity contribution in [1.82, 2.24) is 0 Å². The van der Waals surface area contributed by atoms with Crippen LogP contribution in [0.1, 0.15) is 28.3 Å². The zero-order valence-corrected chi connectivity index (χ0v) is 13.4. The molecule has 0 aliphatic rings. The molecule has 100 valence electrons. The van der Waals surface area contributed by atoms with Crippen LogP contribution in [-0.2, 0) is 6.42 Å². The van der Waals surface area contributed by atoms with Gasteiger partial charge in [0, 0.05) is 10.5 Å². The number of nitrogens with two attached hydrogens (primary N) is 1. The number of rotatable bonds is 3. The number of benzene rings is 2. The summed E-state index contributed by atoms with van der Waals surface area (Å²) in [4.78, 5) is 0. The van der Waals surface area contributed by atoms with Crippen molar-refractivity contribution in [1.29, 1.82) is 0 Å². The lowest BCUT2D eigenvalue weighted by molar-refractivity contribution is 0.721. The van der Waals surface area contributed by atoms with E-state index in [4.69, 9.17) is 17.3 Å². The number of hydrogen-bond donors (Lipinski definition) is 1. The molecule has 2 aromatic rings. The van der Waals surface area contributed by atoms with Crippen LogP contribution in [0.5, 0.6) is 0 Å². The molecule has 0 spiro atoms. The lowest BCUT2D eigenvalue weighted by atomic mass is 9.97. The molecule has 0 heterocycles. The molecule has 1 unspecified atom stereocenters. The summed E-state index contributed by atoms with van der Waals surface area (Å²) in [5.41, 5.74) is 11.2. The molecule has 0 saturated carbocycles. The largest absolute Gasteiger partial charge is 0.324 e. The second-order valence-electron chi connectivity index (χ2n) is 4.98. The average Bonchev–Trinajstić information content (AvgIpc) is 2.31. The monoisotopic (exact) mass is 337 g/mol. The summed E-state index contributed by atoms with van der Waals surface area (Å²) in [6.45, 7) is 4.22. The van der Waals surface area contributed by atoms with Gasteiger partial charge in [-0.3, -0.25) is 0 Å². The van der Waals surface area contributed by atoms with Gasteiger partial charge in [0.25, 0.3) is 0 Å². The molecule has 0 radical (unpaired) electrons. The first-order valence-electron chi connectivity index (χ1n) is 6.23. The van der Waals surface area contributed by atoms with Gasteiger partial charge >= 0.3 is 0 Å². The first kappa shape index (κ1) is 14.6. The van der Waals surface area contributed by atoms with Gasteiger partial charge in [0.05, 0.1) is 5.02 Å². The van der Waals surface area contributed by atoms with Crippen molar-refractivity contribution < 1.29 is 0 Å². The van der Waals surface area contributed by atoms with Crippen molar-refractivity contribution in [3.63, 3.8) is 0 Å². The van der Waals surface area contributed by atoms with Crippen molar-refractivity contribution in [2.24, 2.45) is 5.73 Å². The molecular formula is C16H17BrClN. The third kappa shape index (κ3) is 3.82. The highest BCUT2D eigenvalue weighted by molar-refractivity contribution is 9.10. The van der Waals surface area contributed by atoms with E-state index in [0.29, 0.717) is 5.02 Å². The fourth-order valence-corrected chi connectivity index (χ4v) is 2.74. The molecule has 19 heavy (non-hydrogen) atoms. The minimum atomic E-state index is -0.0354. The standard InChI is InChI=1S/C16H17BrClN/c1-10-5-11(2)7-12(6-10)8-16(19)13-3-4-14(17)15(18)9-13/h3-7,9,16H,8,19H2,1-2H3. The molecule has 1 atom stereocenters. The van der Waals surface area contributed by atoms with Crippen LogP contribution < -0.4 is 5.73 Å². The second kappa shape index (κ2) is 6.08. The Morgan fingerprint density at radius 3 is 2.32 bits per heavy atom. The molecule has 0 fully saturated rings. The highest BCUT2D eigenvalue weighted by atomic mass is 79.9. The van der Waals surface area contributed by atoms with Gasteiger partial charge in [-0.05, 0) is 59.5 Å². The van der Waals surface area contributed by atoms with E-state index < -0.39 is 0 Å². The van der Waals surface area contributed by atoms with Crippen LogP contribution in [0.3, 0.4) is 0 Å². The molecular weight excluding hydrogens is 322 g/mol. The summed E-state index contributed by atoms with van der Waals surface area (Å²) < 4.78 is 0.900. The van der Waals surface area contributed by atoms with Crippen molar-refractivity contribution in [2.45, 2.75) is 26.3 Å². The van der Waals surface area contributed by atoms with E-state index in [9.17, 15) is 0 Å². The Bertz CT molecular complexity index is 575. The lowest BCUT2D eigenvalue weighted by Gasteiger charge is -2.14. The van der Waals surface area contributed by atoms with Crippen LogP contribution in [0.4, 0.5) is 0 Å². The van der Waals surface area contributed by atoms with Crippen molar-refractivity contribution >= 4 is 27.5 Å². The summed E-state index contributed by atoms with van der Waals surface area (Å²) >= 11 is 9.50. The first-order valence-corrected chi connectivity index (χ1v) is 7.40. The third-order valence-corrected chi connectivity index (χ3v) is 4.34. The minimum absolute atomic E-state index is 0.0354. The van der Waals surface area contributed by atoms with Gasteiger partial charge in [0.1, 0.15) is 0 Å². The second-order valence-corrected chi connectivity index (χ2v) is 6.24. The molecule has 2 N–H and O–H groups in total. The molecule has 0 aromatic heterocycles. The van der Waals surface area contributed by atoms with Gasteiger partial charge in [-0.2, -0.15) is 0 Å². The van der Waals surface area contributed by atoms with E-state index in [0.717, 1.165) is 16.5 Å². The normalized spacial score (nSPS) is 12.5. The van der Waals surface area contributed by atoms with Gasteiger partial charge in [-0.15, -0.1) is 0 Å². The van der Waals surface area contributed by atoms with Crippen molar-refractivity contribution in [3.8, 4) is 0 Å². The molecule has 2 rings (SSSR count). The summed E-state index contributed by atoms with van der Waals surface area (Å²) in [6.07, 6.45) is 0.820. The molecule has 1 nitrogen and oxygen atoms in total. The molecule has 0 aliphatic heterocycles. The fraction of sp³-hybridized carbons (Fsp3) is 0.250. The Morgan fingerprint density at radius 1 is 1.11 bits per heavy atom. The Labute approximate surface area is 127 Å². The van der Waals surface area contributed by atoms with E-state index in [-0.39, 0.29) is 6.04 Å². The molecule has 0 aliphatic carbocycles.